The third-order valence-electron chi connectivity index (χ3n) is 2.95. The van der Waals surface area contributed by atoms with Crippen molar-refractivity contribution in [1.82, 2.24) is 9.97 Å². The van der Waals surface area contributed by atoms with Crippen molar-refractivity contribution < 1.29 is 4.74 Å². The Morgan fingerprint density at radius 3 is 2.57 bits per heavy atom. The largest absolute Gasteiger partial charge is 0.424 e. The molecule has 0 aliphatic carbocycles. The molecule has 0 atom stereocenters. The van der Waals surface area contributed by atoms with Crippen LogP contribution in [0.15, 0.2) is 67.3 Å². The number of nitrogens with one attached hydrogen (secondary N) is 1. The Balaban J connectivity index is 2.01. The van der Waals surface area contributed by atoms with Gasteiger partial charge in [-0.2, -0.15) is 9.97 Å². The first-order chi connectivity index (χ1) is 10.4. The molecule has 0 bridgehead atoms. The lowest BCUT2D eigenvalue weighted by Crippen LogP contribution is -2.03. The van der Waals surface area contributed by atoms with E-state index in [0.717, 1.165) is 16.7 Å². The summed E-state index contributed by atoms with van der Waals surface area (Å²) < 4.78 is 5.72. The monoisotopic (exact) mass is 277 g/mol. The van der Waals surface area contributed by atoms with Gasteiger partial charge < -0.3 is 10.1 Å². The van der Waals surface area contributed by atoms with E-state index in [-0.39, 0.29) is 0 Å². The number of aromatic nitrogens is 2. The van der Waals surface area contributed by atoms with Crippen molar-refractivity contribution in [1.29, 1.82) is 0 Å². The molecule has 2 aromatic carbocycles. The van der Waals surface area contributed by atoms with Gasteiger partial charge in [-0.05, 0) is 24.3 Å². The molecule has 0 spiro atoms. The first kappa shape index (κ1) is 13.1. The SMILES string of the molecule is C=CCNc1nc(Oc2ccccc2)nc2ccccc12. The highest BCUT2D eigenvalue weighted by Gasteiger charge is 2.08. The third-order valence-corrected chi connectivity index (χ3v) is 2.95. The summed E-state index contributed by atoms with van der Waals surface area (Å²) in [6, 6.07) is 17.6. The molecule has 0 saturated heterocycles. The van der Waals surface area contributed by atoms with Gasteiger partial charge in [-0.3, -0.25) is 0 Å². The van der Waals surface area contributed by atoms with Crippen LogP contribution in [0.2, 0.25) is 0 Å². The summed E-state index contributed by atoms with van der Waals surface area (Å²) in [5, 5.41) is 4.17. The Morgan fingerprint density at radius 1 is 1.00 bits per heavy atom. The van der Waals surface area contributed by atoms with Gasteiger partial charge in [-0.25, -0.2) is 0 Å². The zero-order valence-corrected chi connectivity index (χ0v) is 11.5. The van der Waals surface area contributed by atoms with E-state index in [2.05, 4.69) is 21.9 Å². The van der Waals surface area contributed by atoms with Crippen LogP contribution >= 0.6 is 0 Å². The predicted molar refractivity (Wildman–Crippen MR) is 84.7 cm³/mol. The quantitative estimate of drug-likeness (QED) is 0.715. The molecule has 1 aromatic heterocycles. The van der Waals surface area contributed by atoms with E-state index in [1.54, 1.807) is 6.08 Å². The Kier molecular flexibility index (Phi) is 3.78. The minimum absolute atomic E-state index is 0.325. The predicted octanol–water partition coefficient (Wildman–Crippen LogP) is 4.02. The van der Waals surface area contributed by atoms with Crippen molar-refractivity contribution in [3.05, 3.63) is 67.3 Å². The molecule has 4 heteroatoms. The van der Waals surface area contributed by atoms with Gasteiger partial charge in [0.15, 0.2) is 0 Å². The van der Waals surface area contributed by atoms with Crippen LogP contribution in [0.5, 0.6) is 11.8 Å². The fourth-order valence-corrected chi connectivity index (χ4v) is 2.00. The Morgan fingerprint density at radius 2 is 1.76 bits per heavy atom. The summed E-state index contributed by atoms with van der Waals surface area (Å²) in [6.45, 7) is 4.34. The van der Waals surface area contributed by atoms with Crippen molar-refractivity contribution in [3.8, 4) is 11.8 Å². The fourth-order valence-electron chi connectivity index (χ4n) is 2.00. The van der Waals surface area contributed by atoms with Crippen LogP contribution in [-0.2, 0) is 0 Å². The van der Waals surface area contributed by atoms with Gasteiger partial charge in [0.05, 0.1) is 5.52 Å². The van der Waals surface area contributed by atoms with Crippen LogP contribution in [0.25, 0.3) is 10.9 Å². The number of anilines is 1. The minimum Gasteiger partial charge on any atom is -0.424 e. The summed E-state index contributed by atoms with van der Waals surface area (Å²) in [5.74, 6) is 1.45. The van der Waals surface area contributed by atoms with Crippen molar-refractivity contribution in [2.24, 2.45) is 0 Å². The van der Waals surface area contributed by atoms with E-state index in [1.807, 2.05) is 54.6 Å². The number of fused-ring (bicyclic) bond motifs is 1. The van der Waals surface area contributed by atoms with E-state index < -0.39 is 0 Å². The van der Waals surface area contributed by atoms with Crippen LogP contribution in [0.4, 0.5) is 5.82 Å². The Hall–Kier alpha value is -2.88. The Labute approximate surface area is 123 Å². The molecular weight excluding hydrogens is 262 g/mol. The second-order valence-corrected chi connectivity index (χ2v) is 4.46. The number of rotatable bonds is 5. The average molecular weight is 277 g/mol. The van der Waals surface area contributed by atoms with Crippen LogP contribution in [0.1, 0.15) is 0 Å². The van der Waals surface area contributed by atoms with Gasteiger partial charge in [0.1, 0.15) is 11.6 Å². The number of hydrogen-bond acceptors (Lipinski definition) is 4. The first-order valence-corrected chi connectivity index (χ1v) is 6.71. The molecule has 21 heavy (non-hydrogen) atoms. The smallest absolute Gasteiger partial charge is 0.324 e. The number of benzene rings is 2. The van der Waals surface area contributed by atoms with E-state index >= 15 is 0 Å². The molecule has 0 unspecified atom stereocenters. The van der Waals surface area contributed by atoms with Crippen molar-refractivity contribution >= 4 is 16.7 Å². The maximum absolute atomic E-state index is 5.72. The Bertz CT molecular complexity index is 756. The lowest BCUT2D eigenvalue weighted by Gasteiger charge is -2.10. The van der Waals surface area contributed by atoms with Crippen LogP contribution in [-0.4, -0.2) is 16.5 Å². The molecule has 0 radical (unpaired) electrons. The molecule has 1 heterocycles. The highest BCUT2D eigenvalue weighted by molar-refractivity contribution is 5.89. The number of ether oxygens (including phenoxy) is 1. The lowest BCUT2D eigenvalue weighted by molar-refractivity contribution is 0.445. The van der Waals surface area contributed by atoms with Crippen molar-refractivity contribution in [3.63, 3.8) is 0 Å². The first-order valence-electron chi connectivity index (χ1n) is 6.71. The molecule has 3 aromatic rings. The number of para-hydroxylation sites is 2. The van der Waals surface area contributed by atoms with Crippen molar-refractivity contribution in [2.45, 2.75) is 0 Å². The summed E-state index contributed by atoms with van der Waals surface area (Å²) in [5.41, 5.74) is 0.838. The molecule has 104 valence electrons. The molecule has 0 amide bonds. The number of hydrogen-bond donors (Lipinski definition) is 1. The van der Waals surface area contributed by atoms with Crippen LogP contribution < -0.4 is 10.1 Å². The van der Waals surface area contributed by atoms with Gasteiger partial charge in [0, 0.05) is 11.9 Å². The fraction of sp³-hybridized carbons (Fsp3) is 0.0588. The highest BCUT2D eigenvalue weighted by Crippen LogP contribution is 2.25. The minimum atomic E-state index is 0.325. The average Bonchev–Trinajstić information content (AvgIpc) is 2.53. The maximum atomic E-state index is 5.72. The van der Waals surface area contributed by atoms with E-state index in [4.69, 9.17) is 4.74 Å². The van der Waals surface area contributed by atoms with Gasteiger partial charge in [-0.1, -0.05) is 36.4 Å². The zero-order chi connectivity index (χ0) is 14.5. The summed E-state index contributed by atoms with van der Waals surface area (Å²) in [7, 11) is 0. The van der Waals surface area contributed by atoms with Crippen LogP contribution in [0, 0.1) is 0 Å². The zero-order valence-electron chi connectivity index (χ0n) is 11.5. The van der Waals surface area contributed by atoms with E-state index in [0.29, 0.717) is 18.3 Å². The summed E-state index contributed by atoms with van der Waals surface area (Å²) in [6.07, 6.45) is 1.79. The van der Waals surface area contributed by atoms with Gasteiger partial charge in [-0.15, -0.1) is 6.58 Å². The maximum Gasteiger partial charge on any atom is 0.324 e. The second kappa shape index (κ2) is 6.05. The topological polar surface area (TPSA) is 47.0 Å². The molecule has 0 aliphatic rings. The van der Waals surface area contributed by atoms with E-state index in [9.17, 15) is 0 Å². The second-order valence-electron chi connectivity index (χ2n) is 4.46. The van der Waals surface area contributed by atoms with Gasteiger partial charge in [0.2, 0.25) is 0 Å². The molecule has 4 nitrogen and oxygen atoms in total. The summed E-state index contributed by atoms with van der Waals surface area (Å²) >= 11 is 0. The molecule has 1 N–H and O–H groups in total. The van der Waals surface area contributed by atoms with Crippen LogP contribution in [0.3, 0.4) is 0 Å². The molecule has 0 fully saturated rings. The molecule has 3 rings (SSSR count). The summed E-state index contributed by atoms with van der Waals surface area (Å²) in [4.78, 5) is 8.88. The molecular formula is C17H15N3O. The molecule has 0 saturated carbocycles. The third kappa shape index (κ3) is 3.00. The standard InChI is InChI=1S/C17H15N3O/c1-2-12-18-16-14-10-6-7-11-15(14)19-17(20-16)21-13-8-4-3-5-9-13/h2-11H,1,12H2,(H,18,19,20). The lowest BCUT2D eigenvalue weighted by atomic mass is 10.2. The van der Waals surface area contributed by atoms with Crippen molar-refractivity contribution in [2.75, 3.05) is 11.9 Å². The number of nitrogens with zero attached hydrogens (tertiary/aromatic N) is 2. The highest BCUT2D eigenvalue weighted by atomic mass is 16.5. The van der Waals surface area contributed by atoms with Gasteiger partial charge in [0.25, 0.3) is 0 Å². The van der Waals surface area contributed by atoms with Gasteiger partial charge >= 0.3 is 6.01 Å². The van der Waals surface area contributed by atoms with E-state index in [1.165, 1.54) is 0 Å². The normalized spacial score (nSPS) is 10.3. The molecule has 0 aliphatic heterocycles.